The van der Waals surface area contributed by atoms with E-state index in [4.69, 9.17) is 10.5 Å². The number of fused-ring (bicyclic) bond motifs is 3. The molecular formula is C25H22BrN3O4. The lowest BCUT2D eigenvalue weighted by Gasteiger charge is -2.44. The number of Topliss-reactive ketones (excluding diaryl/α,β-unsaturated/α-hetero) is 1. The van der Waals surface area contributed by atoms with Crippen molar-refractivity contribution in [3.05, 3.63) is 80.7 Å². The summed E-state index contributed by atoms with van der Waals surface area (Å²) >= 11 is 3.47. The number of ether oxygens (including phenoxy) is 1. The first-order valence-corrected chi connectivity index (χ1v) is 11.4. The fourth-order valence-corrected chi connectivity index (χ4v) is 5.53. The molecule has 2 aliphatic heterocycles. The third-order valence-electron chi connectivity index (χ3n) is 6.56. The molecule has 0 aromatic heterocycles. The number of carbonyl (C=O) groups excluding carboxylic acids is 3. The van der Waals surface area contributed by atoms with Crippen LogP contribution in [0.2, 0.25) is 0 Å². The highest BCUT2D eigenvalue weighted by molar-refractivity contribution is 9.10. The number of halogens is 1. The number of amides is 1. The van der Waals surface area contributed by atoms with Gasteiger partial charge in [0, 0.05) is 39.1 Å². The lowest BCUT2D eigenvalue weighted by atomic mass is 9.63. The Hall–Kier alpha value is -3.39. The number of hydrogen-bond donors (Lipinski definition) is 2. The zero-order chi connectivity index (χ0) is 23.5. The number of hydrogen-bond acceptors (Lipinski definition) is 6. The summed E-state index contributed by atoms with van der Waals surface area (Å²) in [5.41, 5.74) is 8.73. The highest BCUT2D eigenvalue weighted by atomic mass is 79.9. The maximum atomic E-state index is 13.8. The van der Waals surface area contributed by atoms with Crippen molar-refractivity contribution in [2.75, 3.05) is 17.3 Å². The van der Waals surface area contributed by atoms with E-state index in [0.717, 1.165) is 5.56 Å². The summed E-state index contributed by atoms with van der Waals surface area (Å²) in [6.07, 6.45) is 1.46. The molecule has 33 heavy (non-hydrogen) atoms. The van der Waals surface area contributed by atoms with Crippen LogP contribution in [0.1, 0.15) is 30.4 Å². The number of methoxy groups -OCH3 is 1. The van der Waals surface area contributed by atoms with Crippen molar-refractivity contribution in [3.8, 4) is 0 Å². The first-order chi connectivity index (χ1) is 15.8. The monoisotopic (exact) mass is 507 g/mol. The first kappa shape index (κ1) is 21.5. The van der Waals surface area contributed by atoms with Crippen molar-refractivity contribution in [2.45, 2.75) is 31.6 Å². The van der Waals surface area contributed by atoms with Crippen LogP contribution < -0.4 is 16.0 Å². The molecule has 1 amide bonds. The summed E-state index contributed by atoms with van der Waals surface area (Å²) in [5.74, 6) is -1.32. The number of ketones is 1. The quantitative estimate of drug-likeness (QED) is 0.599. The third kappa shape index (κ3) is 2.90. The van der Waals surface area contributed by atoms with Gasteiger partial charge in [0.2, 0.25) is 5.91 Å². The third-order valence-corrected chi connectivity index (χ3v) is 7.05. The summed E-state index contributed by atoms with van der Waals surface area (Å²) in [6, 6.07) is 12.9. The van der Waals surface area contributed by atoms with Gasteiger partial charge in [-0.3, -0.25) is 14.5 Å². The lowest BCUT2D eigenvalue weighted by molar-refractivity contribution is -0.138. The van der Waals surface area contributed by atoms with Gasteiger partial charge < -0.3 is 15.8 Å². The van der Waals surface area contributed by atoms with E-state index in [-0.39, 0.29) is 23.6 Å². The van der Waals surface area contributed by atoms with Gasteiger partial charge in [0.25, 0.3) is 0 Å². The number of esters is 1. The molecule has 7 nitrogen and oxygen atoms in total. The number of anilines is 2. The molecule has 0 fully saturated rings. The Balaban J connectivity index is 1.91. The van der Waals surface area contributed by atoms with Crippen LogP contribution in [0.3, 0.4) is 0 Å². The lowest BCUT2D eigenvalue weighted by Crippen LogP contribution is -2.53. The van der Waals surface area contributed by atoms with Crippen LogP contribution in [-0.2, 0) is 24.5 Å². The van der Waals surface area contributed by atoms with E-state index in [2.05, 4.69) is 21.2 Å². The molecule has 0 radical (unpaired) electrons. The minimum Gasteiger partial charge on any atom is -0.466 e. The molecule has 2 aromatic carbocycles. The van der Waals surface area contributed by atoms with Crippen LogP contribution in [0.15, 0.2) is 69.6 Å². The van der Waals surface area contributed by atoms with E-state index in [9.17, 15) is 14.4 Å². The number of aryl methyl sites for hydroxylation is 1. The molecule has 1 aliphatic carbocycles. The molecule has 2 aromatic rings. The largest absolute Gasteiger partial charge is 0.466 e. The van der Waals surface area contributed by atoms with E-state index >= 15 is 0 Å². The predicted molar refractivity (Wildman–Crippen MR) is 127 cm³/mol. The van der Waals surface area contributed by atoms with Crippen molar-refractivity contribution in [2.24, 2.45) is 5.73 Å². The number of carbonyl (C=O) groups is 3. The van der Waals surface area contributed by atoms with Crippen LogP contribution in [-0.4, -0.2) is 24.8 Å². The molecule has 1 spiro atoms. The van der Waals surface area contributed by atoms with E-state index in [0.29, 0.717) is 45.5 Å². The molecule has 0 saturated carbocycles. The molecular weight excluding hydrogens is 486 g/mol. The Morgan fingerprint density at radius 3 is 2.58 bits per heavy atom. The van der Waals surface area contributed by atoms with Crippen LogP contribution >= 0.6 is 15.9 Å². The number of nitrogens with two attached hydrogens (primary N) is 1. The standard InChI is InChI=1S/C25H22BrN3O4/c1-13-6-9-15(10-7-13)29-18-4-3-5-19(30)20(18)25(21(22(29)27)23(31)33-2)16-12-14(26)8-11-17(16)28-24(25)32/h6-12H,3-5,27H2,1-2H3,(H,28,32). The van der Waals surface area contributed by atoms with Crippen molar-refractivity contribution in [1.82, 2.24) is 0 Å². The van der Waals surface area contributed by atoms with E-state index in [1.165, 1.54) is 7.11 Å². The molecule has 1 unspecified atom stereocenters. The van der Waals surface area contributed by atoms with Crippen LogP contribution in [0, 0.1) is 6.92 Å². The predicted octanol–water partition coefficient (Wildman–Crippen LogP) is 3.82. The Labute approximate surface area is 199 Å². The zero-order valence-corrected chi connectivity index (χ0v) is 19.8. The molecule has 0 saturated heterocycles. The average Bonchev–Trinajstić information content (AvgIpc) is 3.06. The maximum absolute atomic E-state index is 13.8. The topological polar surface area (TPSA) is 102 Å². The second-order valence-electron chi connectivity index (χ2n) is 8.42. The van der Waals surface area contributed by atoms with E-state index in [1.807, 2.05) is 31.2 Å². The zero-order valence-electron chi connectivity index (χ0n) is 18.2. The van der Waals surface area contributed by atoms with Crippen molar-refractivity contribution in [3.63, 3.8) is 0 Å². The second kappa shape index (κ2) is 7.59. The molecule has 1 atom stereocenters. The van der Waals surface area contributed by atoms with Crippen LogP contribution in [0.25, 0.3) is 0 Å². The van der Waals surface area contributed by atoms with Crippen molar-refractivity contribution < 1.29 is 19.1 Å². The first-order valence-electron chi connectivity index (χ1n) is 10.6. The fraction of sp³-hybridized carbons (Fsp3) is 0.240. The second-order valence-corrected chi connectivity index (χ2v) is 9.33. The van der Waals surface area contributed by atoms with Crippen LogP contribution in [0.5, 0.6) is 0 Å². The van der Waals surface area contributed by atoms with E-state index in [1.54, 1.807) is 23.1 Å². The average molecular weight is 508 g/mol. The summed E-state index contributed by atoms with van der Waals surface area (Å²) in [4.78, 5) is 42.3. The molecule has 0 bridgehead atoms. The number of nitrogens with zero attached hydrogens (tertiary/aromatic N) is 1. The minimum absolute atomic E-state index is 0.0473. The van der Waals surface area contributed by atoms with Crippen molar-refractivity contribution >= 4 is 45.0 Å². The van der Waals surface area contributed by atoms with Gasteiger partial charge in [0.1, 0.15) is 16.8 Å². The highest BCUT2D eigenvalue weighted by Gasteiger charge is 2.61. The number of benzene rings is 2. The van der Waals surface area contributed by atoms with Gasteiger partial charge in [-0.1, -0.05) is 33.6 Å². The Bertz CT molecular complexity index is 1300. The molecule has 8 heteroatoms. The number of rotatable bonds is 2. The molecule has 5 rings (SSSR count). The van der Waals surface area contributed by atoms with Gasteiger partial charge in [-0.25, -0.2) is 4.79 Å². The summed E-state index contributed by atoms with van der Waals surface area (Å²) in [7, 11) is 1.24. The SMILES string of the molecule is COC(=O)C1=C(N)N(c2ccc(C)cc2)C2=C(C(=O)CCC2)C12C(=O)Nc1ccc(Br)cc12. The smallest absolute Gasteiger partial charge is 0.339 e. The number of allylic oxidation sites excluding steroid dienone is 1. The van der Waals surface area contributed by atoms with Gasteiger partial charge >= 0.3 is 5.97 Å². The van der Waals surface area contributed by atoms with Crippen LogP contribution in [0.4, 0.5) is 11.4 Å². The molecule has 3 N–H and O–H groups in total. The Morgan fingerprint density at radius 2 is 1.88 bits per heavy atom. The summed E-state index contributed by atoms with van der Waals surface area (Å²) in [6.45, 7) is 1.97. The van der Waals surface area contributed by atoms with Crippen molar-refractivity contribution in [1.29, 1.82) is 0 Å². The molecule has 168 valence electrons. The Kier molecular flexibility index (Phi) is 4.93. The normalized spacial score (nSPS) is 21.8. The summed E-state index contributed by atoms with van der Waals surface area (Å²) in [5, 5.41) is 2.87. The Morgan fingerprint density at radius 1 is 1.15 bits per heavy atom. The molecule has 3 aliphatic rings. The highest BCUT2D eigenvalue weighted by Crippen LogP contribution is 2.55. The van der Waals surface area contributed by atoms with E-state index < -0.39 is 17.3 Å². The fourth-order valence-electron chi connectivity index (χ4n) is 5.17. The maximum Gasteiger partial charge on any atom is 0.339 e. The van der Waals surface area contributed by atoms with Gasteiger partial charge in [-0.2, -0.15) is 0 Å². The number of nitrogens with one attached hydrogen (secondary N) is 1. The van der Waals surface area contributed by atoms with Gasteiger partial charge in [-0.05, 0) is 50.1 Å². The van der Waals surface area contributed by atoms with Gasteiger partial charge in [-0.15, -0.1) is 0 Å². The summed E-state index contributed by atoms with van der Waals surface area (Å²) < 4.78 is 5.84. The minimum atomic E-state index is -1.68. The molecule has 2 heterocycles. The van der Waals surface area contributed by atoms with Gasteiger partial charge in [0.15, 0.2) is 5.78 Å². The van der Waals surface area contributed by atoms with Gasteiger partial charge in [0.05, 0.1) is 7.11 Å².